The zero-order chi connectivity index (χ0) is 23.3. The molecule has 0 amide bonds. The molecular formula is C27H18N4O3. The Morgan fingerprint density at radius 3 is 2.09 bits per heavy atom. The molecule has 34 heavy (non-hydrogen) atoms. The molecule has 0 saturated carbocycles. The van der Waals surface area contributed by atoms with Crippen LogP contribution in [0.25, 0.3) is 0 Å². The Labute approximate surface area is 196 Å². The van der Waals surface area contributed by atoms with Crippen LogP contribution in [0.3, 0.4) is 0 Å². The highest BCUT2D eigenvalue weighted by molar-refractivity contribution is 5.44. The number of pyridine rings is 2. The van der Waals surface area contributed by atoms with Crippen molar-refractivity contribution in [3.63, 3.8) is 0 Å². The molecule has 0 spiro atoms. The van der Waals surface area contributed by atoms with Crippen molar-refractivity contribution >= 4 is 0 Å². The zero-order valence-corrected chi connectivity index (χ0v) is 18.0. The highest BCUT2D eigenvalue weighted by atomic mass is 16.5. The number of fused-ring (bicyclic) bond motifs is 1. The molecule has 7 heteroatoms. The molecule has 2 aromatic carbocycles. The van der Waals surface area contributed by atoms with Crippen LogP contribution in [0.1, 0.15) is 34.8 Å². The molecule has 0 fully saturated rings. The fourth-order valence-corrected chi connectivity index (χ4v) is 3.70. The Kier molecular flexibility index (Phi) is 5.75. The van der Waals surface area contributed by atoms with Crippen molar-refractivity contribution in [3.8, 4) is 41.1 Å². The first-order valence-corrected chi connectivity index (χ1v) is 10.7. The van der Waals surface area contributed by atoms with Gasteiger partial charge in [0.05, 0.1) is 11.1 Å². The van der Waals surface area contributed by atoms with Crippen molar-refractivity contribution in [2.24, 2.45) is 0 Å². The summed E-state index contributed by atoms with van der Waals surface area (Å²) in [7, 11) is 0. The van der Waals surface area contributed by atoms with Gasteiger partial charge in [-0.2, -0.15) is 10.5 Å². The Morgan fingerprint density at radius 2 is 1.47 bits per heavy atom. The number of hydrogen-bond acceptors (Lipinski definition) is 7. The number of ether oxygens (including phenoxy) is 3. The molecule has 1 unspecified atom stereocenters. The minimum Gasteiger partial charge on any atom is -0.485 e. The predicted molar refractivity (Wildman–Crippen MR) is 123 cm³/mol. The van der Waals surface area contributed by atoms with Crippen LogP contribution in [-0.4, -0.2) is 9.97 Å². The van der Waals surface area contributed by atoms with Gasteiger partial charge in [0.25, 0.3) is 0 Å². The Morgan fingerprint density at radius 1 is 0.794 bits per heavy atom. The lowest BCUT2D eigenvalue weighted by atomic mass is 9.97. The lowest BCUT2D eigenvalue weighted by Gasteiger charge is -2.27. The molecule has 0 N–H and O–H groups in total. The fourth-order valence-electron chi connectivity index (χ4n) is 3.70. The van der Waals surface area contributed by atoms with Crippen LogP contribution in [0.15, 0.2) is 79.1 Å². The summed E-state index contributed by atoms with van der Waals surface area (Å²) in [4.78, 5) is 8.31. The predicted octanol–water partition coefficient (Wildman–Crippen LogP) is 5.87. The summed E-state index contributed by atoms with van der Waals surface area (Å²) >= 11 is 0. The van der Waals surface area contributed by atoms with Gasteiger partial charge in [-0.25, -0.2) is 9.97 Å². The summed E-state index contributed by atoms with van der Waals surface area (Å²) in [5, 5.41) is 17.8. The SMILES string of the molecule is N#Cc1ccc(Oc2cccc(C3CCc4cc(Oc5ccc(C#N)cn5)ccc4O3)c2)nc1. The van der Waals surface area contributed by atoms with Gasteiger partial charge in [0.1, 0.15) is 35.5 Å². The number of rotatable bonds is 5. The van der Waals surface area contributed by atoms with E-state index in [4.69, 9.17) is 24.7 Å². The minimum absolute atomic E-state index is 0.100. The molecule has 3 heterocycles. The summed E-state index contributed by atoms with van der Waals surface area (Å²) in [5.74, 6) is 3.00. The molecule has 1 aliphatic heterocycles. The number of benzene rings is 2. The van der Waals surface area contributed by atoms with E-state index in [1.165, 1.54) is 12.4 Å². The Bertz CT molecular complexity index is 1400. The third-order valence-corrected chi connectivity index (χ3v) is 5.38. The second-order valence-electron chi connectivity index (χ2n) is 7.69. The zero-order valence-electron chi connectivity index (χ0n) is 18.0. The van der Waals surface area contributed by atoms with Gasteiger partial charge in [-0.05, 0) is 66.4 Å². The second-order valence-corrected chi connectivity index (χ2v) is 7.69. The molecule has 0 radical (unpaired) electrons. The molecule has 0 aliphatic carbocycles. The van der Waals surface area contributed by atoms with Crippen molar-refractivity contribution in [3.05, 3.63) is 101 Å². The fraction of sp³-hybridized carbons (Fsp3) is 0.111. The van der Waals surface area contributed by atoms with Gasteiger partial charge in [0, 0.05) is 24.5 Å². The van der Waals surface area contributed by atoms with Crippen LogP contribution in [0, 0.1) is 22.7 Å². The maximum absolute atomic E-state index is 8.90. The number of nitriles is 2. The molecule has 5 rings (SSSR count). The van der Waals surface area contributed by atoms with E-state index in [2.05, 4.69) is 9.97 Å². The Hall–Kier alpha value is -4.88. The first-order valence-electron chi connectivity index (χ1n) is 10.7. The molecule has 164 valence electrons. The normalized spacial score (nSPS) is 14.1. The van der Waals surface area contributed by atoms with E-state index < -0.39 is 0 Å². The Balaban J connectivity index is 1.27. The average molecular weight is 446 g/mol. The summed E-state index contributed by atoms with van der Waals surface area (Å²) in [6.07, 6.45) is 4.51. The van der Waals surface area contributed by atoms with Crippen LogP contribution in [0.4, 0.5) is 0 Å². The van der Waals surface area contributed by atoms with Gasteiger partial charge in [0.15, 0.2) is 0 Å². The molecule has 7 nitrogen and oxygen atoms in total. The van der Waals surface area contributed by atoms with E-state index in [0.717, 1.165) is 29.7 Å². The highest BCUT2D eigenvalue weighted by Crippen LogP contribution is 2.38. The third-order valence-electron chi connectivity index (χ3n) is 5.38. The smallest absolute Gasteiger partial charge is 0.219 e. The third kappa shape index (κ3) is 4.64. The van der Waals surface area contributed by atoms with Crippen LogP contribution in [0.2, 0.25) is 0 Å². The largest absolute Gasteiger partial charge is 0.485 e. The first kappa shape index (κ1) is 21.0. The van der Waals surface area contributed by atoms with Crippen LogP contribution in [0.5, 0.6) is 29.0 Å². The summed E-state index contributed by atoms with van der Waals surface area (Å²) < 4.78 is 17.9. The quantitative estimate of drug-likeness (QED) is 0.378. The van der Waals surface area contributed by atoms with E-state index in [1.54, 1.807) is 24.3 Å². The molecule has 1 atom stereocenters. The van der Waals surface area contributed by atoms with E-state index in [0.29, 0.717) is 34.4 Å². The van der Waals surface area contributed by atoms with E-state index in [9.17, 15) is 0 Å². The molecule has 1 aliphatic rings. The molecule has 4 aromatic rings. The number of aromatic nitrogens is 2. The van der Waals surface area contributed by atoms with Crippen LogP contribution in [-0.2, 0) is 6.42 Å². The van der Waals surface area contributed by atoms with Gasteiger partial charge < -0.3 is 14.2 Å². The highest BCUT2D eigenvalue weighted by Gasteiger charge is 2.22. The number of nitrogens with zero attached hydrogens (tertiary/aromatic N) is 4. The maximum Gasteiger partial charge on any atom is 0.219 e. The average Bonchev–Trinajstić information content (AvgIpc) is 2.89. The molecule has 0 saturated heterocycles. The van der Waals surface area contributed by atoms with Crippen molar-refractivity contribution < 1.29 is 14.2 Å². The summed E-state index contributed by atoms with van der Waals surface area (Å²) in [6.45, 7) is 0. The van der Waals surface area contributed by atoms with Gasteiger partial charge in [-0.3, -0.25) is 0 Å². The molecule has 0 bridgehead atoms. The summed E-state index contributed by atoms with van der Waals surface area (Å²) in [5.41, 5.74) is 3.05. The van der Waals surface area contributed by atoms with Gasteiger partial charge in [-0.15, -0.1) is 0 Å². The second kappa shape index (κ2) is 9.32. The van der Waals surface area contributed by atoms with Gasteiger partial charge in [0.2, 0.25) is 11.8 Å². The van der Waals surface area contributed by atoms with E-state index >= 15 is 0 Å². The van der Waals surface area contributed by atoms with E-state index in [-0.39, 0.29) is 6.10 Å². The lowest BCUT2D eigenvalue weighted by Crippen LogP contribution is -2.15. The van der Waals surface area contributed by atoms with Crippen molar-refractivity contribution in [1.82, 2.24) is 9.97 Å². The van der Waals surface area contributed by atoms with Crippen LogP contribution < -0.4 is 14.2 Å². The number of hydrogen-bond donors (Lipinski definition) is 0. The van der Waals surface area contributed by atoms with Crippen LogP contribution >= 0.6 is 0 Å². The van der Waals surface area contributed by atoms with E-state index in [1.807, 2.05) is 54.6 Å². The van der Waals surface area contributed by atoms with Gasteiger partial charge >= 0.3 is 0 Å². The lowest BCUT2D eigenvalue weighted by molar-refractivity contribution is 0.176. The van der Waals surface area contributed by atoms with Gasteiger partial charge in [-0.1, -0.05) is 12.1 Å². The maximum atomic E-state index is 8.90. The van der Waals surface area contributed by atoms with Crippen molar-refractivity contribution in [2.45, 2.75) is 18.9 Å². The standard InChI is InChI=1S/C27H18N4O3/c28-14-18-4-10-26(30-16-18)32-22-3-1-2-20(12-22)24-8-6-21-13-23(7-9-25(21)34-24)33-27-11-5-19(15-29)17-31-27/h1-5,7,9-13,16-17,24H,6,8H2. The topological polar surface area (TPSA) is 101 Å². The number of aryl methyl sites for hydroxylation is 1. The minimum atomic E-state index is -0.100. The monoisotopic (exact) mass is 446 g/mol. The molecular weight excluding hydrogens is 428 g/mol. The first-order chi connectivity index (χ1) is 16.7. The summed E-state index contributed by atoms with van der Waals surface area (Å²) in [6, 6.07) is 24.2. The molecule has 2 aromatic heterocycles. The van der Waals surface area contributed by atoms with Crippen molar-refractivity contribution in [2.75, 3.05) is 0 Å². The van der Waals surface area contributed by atoms with Crippen molar-refractivity contribution in [1.29, 1.82) is 10.5 Å².